The van der Waals surface area contributed by atoms with Gasteiger partial charge in [-0.15, -0.1) is 0 Å². The van der Waals surface area contributed by atoms with Crippen LogP contribution in [-0.2, 0) is 6.42 Å². The van der Waals surface area contributed by atoms with Crippen molar-refractivity contribution in [3.05, 3.63) is 29.8 Å². The summed E-state index contributed by atoms with van der Waals surface area (Å²) in [5, 5.41) is 18.9. The minimum Gasteiger partial charge on any atom is -0.508 e. The fourth-order valence-electron chi connectivity index (χ4n) is 1.53. The Kier molecular flexibility index (Phi) is 4.63. The highest BCUT2D eigenvalue weighted by Crippen LogP contribution is 2.14. The van der Waals surface area contributed by atoms with Crippen molar-refractivity contribution in [1.29, 1.82) is 0 Å². The summed E-state index contributed by atoms with van der Waals surface area (Å²) in [6, 6.07) is 7.02. The van der Waals surface area contributed by atoms with Crippen molar-refractivity contribution in [2.24, 2.45) is 5.92 Å². The summed E-state index contributed by atoms with van der Waals surface area (Å²) >= 11 is 0. The van der Waals surface area contributed by atoms with E-state index < -0.39 is 0 Å². The highest BCUT2D eigenvalue weighted by atomic mass is 16.3. The Balaban J connectivity index is 2.37. The Morgan fingerprint density at radius 2 is 1.67 bits per heavy atom. The summed E-state index contributed by atoms with van der Waals surface area (Å²) in [6.45, 7) is 4.32. The van der Waals surface area contributed by atoms with Gasteiger partial charge in [-0.25, -0.2) is 0 Å². The maximum absolute atomic E-state index is 9.76. The lowest BCUT2D eigenvalue weighted by molar-refractivity contribution is 0.157. The maximum atomic E-state index is 9.76. The molecule has 2 heteroatoms. The van der Waals surface area contributed by atoms with Gasteiger partial charge < -0.3 is 10.2 Å². The zero-order chi connectivity index (χ0) is 11.3. The third-order valence-electron chi connectivity index (χ3n) is 2.48. The van der Waals surface area contributed by atoms with Crippen molar-refractivity contribution in [2.45, 2.75) is 39.2 Å². The van der Waals surface area contributed by atoms with Gasteiger partial charge in [0.2, 0.25) is 0 Å². The van der Waals surface area contributed by atoms with Gasteiger partial charge >= 0.3 is 0 Å². The average molecular weight is 208 g/mol. The van der Waals surface area contributed by atoms with E-state index in [4.69, 9.17) is 5.11 Å². The van der Waals surface area contributed by atoms with Gasteiger partial charge in [0.15, 0.2) is 0 Å². The molecule has 15 heavy (non-hydrogen) atoms. The lowest BCUT2D eigenvalue weighted by Crippen LogP contribution is -2.11. The molecular formula is C13H20O2. The molecule has 0 saturated carbocycles. The minimum absolute atomic E-state index is 0.267. The molecule has 0 aliphatic heterocycles. The zero-order valence-corrected chi connectivity index (χ0v) is 9.48. The van der Waals surface area contributed by atoms with Crippen LogP contribution in [0.1, 0.15) is 32.3 Å². The first-order valence-electron chi connectivity index (χ1n) is 5.54. The third-order valence-corrected chi connectivity index (χ3v) is 2.48. The van der Waals surface area contributed by atoms with Crippen LogP contribution in [-0.4, -0.2) is 16.3 Å². The van der Waals surface area contributed by atoms with Gasteiger partial charge in [-0.2, -0.15) is 0 Å². The molecule has 84 valence electrons. The first-order chi connectivity index (χ1) is 7.08. The summed E-state index contributed by atoms with van der Waals surface area (Å²) in [5.41, 5.74) is 1.07. The van der Waals surface area contributed by atoms with E-state index in [0.29, 0.717) is 12.3 Å². The van der Waals surface area contributed by atoms with Crippen LogP contribution < -0.4 is 0 Å². The van der Waals surface area contributed by atoms with Gasteiger partial charge in [-0.3, -0.25) is 0 Å². The lowest BCUT2D eigenvalue weighted by Gasteiger charge is -2.12. The van der Waals surface area contributed by atoms with Crippen LogP contribution in [0.3, 0.4) is 0 Å². The SMILES string of the molecule is CC(C)CCC(O)Cc1ccc(O)cc1. The molecule has 0 heterocycles. The van der Waals surface area contributed by atoms with E-state index in [0.717, 1.165) is 18.4 Å². The first-order valence-corrected chi connectivity index (χ1v) is 5.54. The Hall–Kier alpha value is -1.02. The highest BCUT2D eigenvalue weighted by molar-refractivity contribution is 5.26. The topological polar surface area (TPSA) is 40.5 Å². The van der Waals surface area contributed by atoms with E-state index in [1.807, 2.05) is 12.1 Å². The van der Waals surface area contributed by atoms with E-state index >= 15 is 0 Å². The highest BCUT2D eigenvalue weighted by Gasteiger charge is 2.06. The Bertz CT molecular complexity index is 277. The van der Waals surface area contributed by atoms with Gasteiger partial charge in [-0.05, 0) is 42.9 Å². The molecule has 1 aromatic carbocycles. The van der Waals surface area contributed by atoms with Crippen LogP contribution in [0.15, 0.2) is 24.3 Å². The molecule has 2 nitrogen and oxygen atoms in total. The normalized spacial score (nSPS) is 13.1. The van der Waals surface area contributed by atoms with Crippen LogP contribution in [0.4, 0.5) is 0 Å². The molecule has 0 amide bonds. The van der Waals surface area contributed by atoms with Gasteiger partial charge in [0.25, 0.3) is 0 Å². The second-order valence-corrected chi connectivity index (χ2v) is 4.50. The summed E-state index contributed by atoms with van der Waals surface area (Å²) in [6.07, 6.45) is 2.31. The fourth-order valence-corrected chi connectivity index (χ4v) is 1.53. The molecule has 1 unspecified atom stereocenters. The van der Waals surface area contributed by atoms with Crippen LogP contribution in [0, 0.1) is 5.92 Å². The van der Waals surface area contributed by atoms with E-state index in [-0.39, 0.29) is 11.9 Å². The predicted octanol–water partition coefficient (Wildman–Crippen LogP) is 2.73. The summed E-state index contributed by atoms with van der Waals surface area (Å²) in [4.78, 5) is 0. The second-order valence-electron chi connectivity index (χ2n) is 4.50. The smallest absolute Gasteiger partial charge is 0.115 e. The number of aliphatic hydroxyl groups is 1. The number of hydrogen-bond acceptors (Lipinski definition) is 2. The second kappa shape index (κ2) is 5.76. The molecule has 1 atom stereocenters. The van der Waals surface area contributed by atoms with Gasteiger partial charge in [0.1, 0.15) is 5.75 Å². The molecule has 0 aliphatic carbocycles. The van der Waals surface area contributed by atoms with Crippen LogP contribution in [0.25, 0.3) is 0 Å². The number of benzene rings is 1. The van der Waals surface area contributed by atoms with E-state index in [1.165, 1.54) is 0 Å². The Morgan fingerprint density at radius 3 is 2.20 bits per heavy atom. The summed E-state index contributed by atoms with van der Waals surface area (Å²) in [7, 11) is 0. The summed E-state index contributed by atoms with van der Waals surface area (Å²) in [5.74, 6) is 0.912. The number of phenols is 1. The molecule has 0 fully saturated rings. The van der Waals surface area contributed by atoms with Crippen molar-refractivity contribution in [1.82, 2.24) is 0 Å². The molecule has 0 bridgehead atoms. The largest absolute Gasteiger partial charge is 0.508 e. The van der Waals surface area contributed by atoms with Crippen LogP contribution in [0.2, 0.25) is 0 Å². The van der Waals surface area contributed by atoms with Crippen molar-refractivity contribution < 1.29 is 10.2 Å². The van der Waals surface area contributed by atoms with E-state index in [1.54, 1.807) is 12.1 Å². The molecule has 0 aliphatic rings. The number of rotatable bonds is 5. The van der Waals surface area contributed by atoms with Crippen LogP contribution >= 0.6 is 0 Å². The van der Waals surface area contributed by atoms with Gasteiger partial charge in [0, 0.05) is 0 Å². The third kappa shape index (κ3) is 4.84. The maximum Gasteiger partial charge on any atom is 0.115 e. The van der Waals surface area contributed by atoms with Gasteiger partial charge in [-0.1, -0.05) is 26.0 Å². The van der Waals surface area contributed by atoms with Crippen LogP contribution in [0.5, 0.6) is 5.75 Å². The molecule has 0 radical (unpaired) electrons. The number of aromatic hydroxyl groups is 1. The summed E-state index contributed by atoms with van der Waals surface area (Å²) < 4.78 is 0. The van der Waals surface area contributed by atoms with Crippen molar-refractivity contribution in [3.8, 4) is 5.75 Å². The lowest BCUT2D eigenvalue weighted by atomic mass is 10.00. The van der Waals surface area contributed by atoms with Crippen molar-refractivity contribution >= 4 is 0 Å². The molecule has 2 N–H and O–H groups in total. The first kappa shape index (κ1) is 12.1. The molecule has 0 saturated heterocycles. The molecule has 1 aromatic rings. The average Bonchev–Trinajstić information content (AvgIpc) is 2.19. The molecule has 0 spiro atoms. The standard InChI is InChI=1S/C13H20O2/c1-10(2)3-6-13(15)9-11-4-7-12(14)8-5-11/h4-5,7-8,10,13-15H,3,6,9H2,1-2H3. The van der Waals surface area contributed by atoms with E-state index in [9.17, 15) is 5.11 Å². The number of phenolic OH excluding ortho intramolecular Hbond substituents is 1. The molecular weight excluding hydrogens is 188 g/mol. The van der Waals surface area contributed by atoms with Crippen molar-refractivity contribution in [2.75, 3.05) is 0 Å². The van der Waals surface area contributed by atoms with Crippen molar-refractivity contribution in [3.63, 3.8) is 0 Å². The molecule has 1 rings (SSSR count). The Labute approximate surface area is 91.6 Å². The predicted molar refractivity (Wildman–Crippen MR) is 61.9 cm³/mol. The monoisotopic (exact) mass is 208 g/mol. The molecule has 0 aromatic heterocycles. The minimum atomic E-state index is -0.267. The zero-order valence-electron chi connectivity index (χ0n) is 9.48. The van der Waals surface area contributed by atoms with E-state index in [2.05, 4.69) is 13.8 Å². The Morgan fingerprint density at radius 1 is 1.07 bits per heavy atom. The fraction of sp³-hybridized carbons (Fsp3) is 0.538. The van der Waals surface area contributed by atoms with Gasteiger partial charge in [0.05, 0.1) is 6.10 Å². The number of aliphatic hydroxyl groups excluding tert-OH is 1. The quantitative estimate of drug-likeness (QED) is 0.781. The number of hydrogen-bond donors (Lipinski definition) is 2.